The number of nitrogens with one attached hydrogen (secondary N) is 1. The standard InChI is InChI=1S/C16H21N5O3/c1-11-17-14(24-19-11)10-21-7-4-3-5-13(16(21)23)18-15(22)12-6-8-20(2)9-12/h6,8-9,13H,3-5,7,10H2,1-2H3,(H,18,22). The van der Waals surface area contributed by atoms with Gasteiger partial charge in [-0.1, -0.05) is 5.16 Å². The van der Waals surface area contributed by atoms with Crippen molar-refractivity contribution in [1.29, 1.82) is 0 Å². The molecule has 0 aromatic carbocycles. The van der Waals surface area contributed by atoms with Gasteiger partial charge in [-0.05, 0) is 32.3 Å². The Bertz CT molecular complexity index is 736. The van der Waals surface area contributed by atoms with E-state index >= 15 is 0 Å². The lowest BCUT2D eigenvalue weighted by Crippen LogP contribution is -2.47. The Labute approximate surface area is 139 Å². The summed E-state index contributed by atoms with van der Waals surface area (Å²) < 4.78 is 6.90. The van der Waals surface area contributed by atoms with E-state index in [-0.39, 0.29) is 18.4 Å². The van der Waals surface area contributed by atoms with Crippen molar-refractivity contribution in [2.24, 2.45) is 7.05 Å². The predicted octanol–water partition coefficient (Wildman–Crippen LogP) is 1.03. The highest BCUT2D eigenvalue weighted by molar-refractivity contribution is 5.97. The van der Waals surface area contributed by atoms with Crippen molar-refractivity contribution in [2.45, 2.75) is 38.8 Å². The summed E-state index contributed by atoms with van der Waals surface area (Å²) in [4.78, 5) is 30.9. The maximum atomic E-state index is 12.7. The molecule has 1 fully saturated rings. The molecule has 1 N–H and O–H groups in total. The summed E-state index contributed by atoms with van der Waals surface area (Å²) in [5, 5.41) is 6.59. The zero-order chi connectivity index (χ0) is 17.1. The Morgan fingerprint density at radius 1 is 1.46 bits per heavy atom. The molecular formula is C16H21N5O3. The number of rotatable bonds is 4. The monoisotopic (exact) mass is 331 g/mol. The van der Waals surface area contributed by atoms with Crippen LogP contribution >= 0.6 is 0 Å². The summed E-state index contributed by atoms with van der Waals surface area (Å²) in [6.45, 7) is 2.63. The molecule has 3 rings (SSSR count). The lowest BCUT2D eigenvalue weighted by molar-refractivity contribution is -0.133. The van der Waals surface area contributed by atoms with Crippen molar-refractivity contribution in [3.8, 4) is 0 Å². The van der Waals surface area contributed by atoms with Crippen LogP contribution in [0.25, 0.3) is 0 Å². The van der Waals surface area contributed by atoms with Gasteiger partial charge in [0.1, 0.15) is 12.6 Å². The highest BCUT2D eigenvalue weighted by atomic mass is 16.5. The Morgan fingerprint density at radius 3 is 2.96 bits per heavy atom. The molecule has 0 aliphatic carbocycles. The van der Waals surface area contributed by atoms with Gasteiger partial charge in [0.15, 0.2) is 5.82 Å². The Morgan fingerprint density at radius 2 is 2.29 bits per heavy atom. The molecule has 2 aromatic rings. The molecule has 1 unspecified atom stereocenters. The topological polar surface area (TPSA) is 93.3 Å². The van der Waals surface area contributed by atoms with Crippen LogP contribution in [0.4, 0.5) is 0 Å². The lowest BCUT2D eigenvalue weighted by atomic mass is 10.1. The molecule has 1 atom stereocenters. The largest absolute Gasteiger partial charge is 0.356 e. The van der Waals surface area contributed by atoms with Crippen LogP contribution in [0, 0.1) is 6.92 Å². The summed E-state index contributed by atoms with van der Waals surface area (Å²) in [5.41, 5.74) is 0.550. The molecule has 8 nitrogen and oxygen atoms in total. The molecule has 2 aromatic heterocycles. The summed E-state index contributed by atoms with van der Waals surface area (Å²) >= 11 is 0. The van der Waals surface area contributed by atoms with E-state index < -0.39 is 6.04 Å². The SMILES string of the molecule is Cc1noc(CN2CCCCC(NC(=O)c3ccn(C)c3)C2=O)n1. The van der Waals surface area contributed by atoms with Crippen LogP contribution in [0.1, 0.15) is 41.3 Å². The smallest absolute Gasteiger partial charge is 0.253 e. The third-order valence-electron chi connectivity index (χ3n) is 4.08. The van der Waals surface area contributed by atoms with Crippen LogP contribution in [0.15, 0.2) is 23.0 Å². The molecule has 1 aliphatic heterocycles. The highest BCUT2D eigenvalue weighted by Crippen LogP contribution is 2.15. The van der Waals surface area contributed by atoms with Gasteiger partial charge in [0.25, 0.3) is 5.91 Å². The summed E-state index contributed by atoms with van der Waals surface area (Å²) in [7, 11) is 1.85. The van der Waals surface area contributed by atoms with E-state index in [9.17, 15) is 9.59 Å². The van der Waals surface area contributed by atoms with Crippen molar-refractivity contribution in [3.05, 3.63) is 35.7 Å². The van der Waals surface area contributed by atoms with Crippen LogP contribution in [-0.4, -0.2) is 44.0 Å². The lowest BCUT2D eigenvalue weighted by Gasteiger charge is -2.23. The molecule has 0 bridgehead atoms. The number of hydrogen-bond donors (Lipinski definition) is 1. The minimum absolute atomic E-state index is 0.104. The van der Waals surface area contributed by atoms with Crippen molar-refractivity contribution in [3.63, 3.8) is 0 Å². The van der Waals surface area contributed by atoms with Crippen LogP contribution in [0.5, 0.6) is 0 Å². The number of carbonyl (C=O) groups excluding carboxylic acids is 2. The number of hydrogen-bond acceptors (Lipinski definition) is 5. The highest BCUT2D eigenvalue weighted by Gasteiger charge is 2.29. The number of aromatic nitrogens is 3. The van der Waals surface area contributed by atoms with Gasteiger partial charge < -0.3 is 19.3 Å². The quantitative estimate of drug-likeness (QED) is 0.903. The van der Waals surface area contributed by atoms with Gasteiger partial charge >= 0.3 is 0 Å². The van der Waals surface area contributed by atoms with Crippen LogP contribution in [0.3, 0.4) is 0 Å². The van der Waals surface area contributed by atoms with Crippen LogP contribution in [-0.2, 0) is 18.4 Å². The Hall–Kier alpha value is -2.64. The molecule has 0 radical (unpaired) electrons. The van der Waals surface area contributed by atoms with Crippen LogP contribution < -0.4 is 5.32 Å². The third kappa shape index (κ3) is 3.64. The van der Waals surface area contributed by atoms with Gasteiger partial charge in [-0.2, -0.15) is 4.98 Å². The Balaban J connectivity index is 1.68. The van der Waals surface area contributed by atoms with Gasteiger partial charge in [-0.15, -0.1) is 0 Å². The number of aryl methyl sites for hydroxylation is 2. The first-order valence-corrected chi connectivity index (χ1v) is 8.04. The number of carbonyl (C=O) groups is 2. The average Bonchev–Trinajstić information content (AvgIpc) is 3.12. The second-order valence-electron chi connectivity index (χ2n) is 6.08. The minimum atomic E-state index is -0.524. The first-order valence-electron chi connectivity index (χ1n) is 8.04. The number of nitrogens with zero attached hydrogens (tertiary/aromatic N) is 4. The van der Waals surface area contributed by atoms with E-state index in [0.717, 1.165) is 12.8 Å². The molecule has 128 valence electrons. The fraction of sp³-hybridized carbons (Fsp3) is 0.500. The molecule has 24 heavy (non-hydrogen) atoms. The fourth-order valence-corrected chi connectivity index (χ4v) is 2.84. The number of amides is 2. The van der Waals surface area contributed by atoms with Crippen LogP contribution in [0.2, 0.25) is 0 Å². The van der Waals surface area contributed by atoms with Gasteiger partial charge in [0.2, 0.25) is 11.8 Å². The average molecular weight is 331 g/mol. The zero-order valence-electron chi connectivity index (χ0n) is 13.9. The summed E-state index contributed by atoms with van der Waals surface area (Å²) in [5.74, 6) is 0.620. The fourth-order valence-electron chi connectivity index (χ4n) is 2.84. The molecule has 1 saturated heterocycles. The number of likely N-dealkylation sites (tertiary alicyclic amines) is 1. The maximum Gasteiger partial charge on any atom is 0.253 e. The third-order valence-corrected chi connectivity index (χ3v) is 4.08. The molecule has 0 saturated carbocycles. The normalized spacial score (nSPS) is 18.5. The summed E-state index contributed by atoms with van der Waals surface area (Å²) in [6, 6.07) is 1.21. The second-order valence-corrected chi connectivity index (χ2v) is 6.08. The van der Waals surface area contributed by atoms with Crippen molar-refractivity contribution in [2.75, 3.05) is 6.54 Å². The summed E-state index contributed by atoms with van der Waals surface area (Å²) in [6.07, 6.45) is 5.93. The Kier molecular flexibility index (Phi) is 4.64. The van der Waals surface area contributed by atoms with Gasteiger partial charge in [-0.3, -0.25) is 9.59 Å². The first kappa shape index (κ1) is 16.2. The van der Waals surface area contributed by atoms with E-state index in [1.165, 1.54) is 0 Å². The predicted molar refractivity (Wildman–Crippen MR) is 85.0 cm³/mol. The first-order chi connectivity index (χ1) is 11.5. The van der Waals surface area contributed by atoms with E-state index in [0.29, 0.717) is 30.2 Å². The van der Waals surface area contributed by atoms with E-state index in [1.807, 2.05) is 7.05 Å². The molecule has 8 heteroatoms. The maximum absolute atomic E-state index is 12.7. The molecular weight excluding hydrogens is 310 g/mol. The van der Waals surface area contributed by atoms with Crippen molar-refractivity contribution < 1.29 is 14.1 Å². The molecule has 3 heterocycles. The van der Waals surface area contributed by atoms with Gasteiger partial charge in [0.05, 0.1) is 5.56 Å². The van der Waals surface area contributed by atoms with Gasteiger partial charge in [-0.25, -0.2) is 0 Å². The van der Waals surface area contributed by atoms with E-state index in [1.54, 1.807) is 34.9 Å². The van der Waals surface area contributed by atoms with Crippen molar-refractivity contribution >= 4 is 11.8 Å². The molecule has 1 aliphatic rings. The minimum Gasteiger partial charge on any atom is -0.356 e. The van der Waals surface area contributed by atoms with Gasteiger partial charge in [0, 0.05) is 26.0 Å². The molecule has 2 amide bonds. The molecule has 0 spiro atoms. The van der Waals surface area contributed by atoms with E-state index in [4.69, 9.17) is 4.52 Å². The van der Waals surface area contributed by atoms with Crippen molar-refractivity contribution in [1.82, 2.24) is 24.9 Å². The van der Waals surface area contributed by atoms with E-state index in [2.05, 4.69) is 15.5 Å². The second kappa shape index (κ2) is 6.86. The zero-order valence-corrected chi connectivity index (χ0v) is 13.9.